The summed E-state index contributed by atoms with van der Waals surface area (Å²) in [5.74, 6) is 0. The first-order chi connectivity index (χ1) is 3.84. The largest absolute Gasteiger partial charge is 0.391 e. The summed E-state index contributed by atoms with van der Waals surface area (Å²) >= 11 is 0. The normalized spacial score (nSPS) is 35.6. The third kappa shape index (κ3) is 0.816. The van der Waals surface area contributed by atoms with Crippen molar-refractivity contribution >= 4 is 6.41 Å². The van der Waals surface area contributed by atoms with Crippen LogP contribution in [0.3, 0.4) is 0 Å². The van der Waals surface area contributed by atoms with Gasteiger partial charge in [0.15, 0.2) is 0 Å². The number of aliphatic hydroxyl groups excluding tert-OH is 1. The zero-order chi connectivity index (χ0) is 5.98. The fourth-order valence-electron chi connectivity index (χ4n) is 0.764. The van der Waals surface area contributed by atoms with Crippen molar-refractivity contribution in [3.8, 4) is 0 Å². The van der Waals surface area contributed by atoms with Gasteiger partial charge < -0.3 is 10.4 Å². The summed E-state index contributed by atoms with van der Waals surface area (Å²) in [7, 11) is 0. The number of hydrogen-bond acceptors (Lipinski definition) is 2. The maximum atomic E-state index is 9.73. The molecule has 46 valence electrons. The molecule has 2 atom stereocenters. The quantitative estimate of drug-likeness (QED) is 0.465. The highest BCUT2D eigenvalue weighted by atomic mass is 16.3. The second kappa shape index (κ2) is 2.13. The number of hydrogen-bond donors (Lipinski definition) is 2. The molecule has 3 heteroatoms. The summed E-state index contributed by atoms with van der Waals surface area (Å²) in [5, 5.41) is 11.3. The average Bonchev–Trinajstić information content (AvgIpc) is 1.79. The highest BCUT2D eigenvalue weighted by Crippen LogP contribution is 2.18. The minimum Gasteiger partial charge on any atom is -0.391 e. The molecule has 0 aliphatic heterocycles. The zero-order valence-corrected chi connectivity index (χ0v) is 4.50. The van der Waals surface area contributed by atoms with Gasteiger partial charge in [-0.25, -0.2) is 0 Å². The molecule has 8 heavy (non-hydrogen) atoms. The van der Waals surface area contributed by atoms with Crippen LogP contribution in [0, 0.1) is 0 Å². The molecule has 1 rings (SSSR count). The molecule has 1 aliphatic rings. The summed E-state index contributed by atoms with van der Waals surface area (Å²) < 4.78 is 0. The lowest BCUT2D eigenvalue weighted by atomic mass is 9.90. The molecule has 1 amide bonds. The minimum absolute atomic E-state index is 0.0347. The van der Waals surface area contributed by atoms with E-state index in [-0.39, 0.29) is 12.1 Å². The summed E-state index contributed by atoms with van der Waals surface area (Å²) in [6, 6.07) is 0.0347. The van der Waals surface area contributed by atoms with Gasteiger partial charge in [-0.15, -0.1) is 0 Å². The van der Waals surface area contributed by atoms with Gasteiger partial charge in [-0.1, -0.05) is 0 Å². The minimum atomic E-state index is -0.291. The Balaban J connectivity index is 2.16. The van der Waals surface area contributed by atoms with Gasteiger partial charge in [0.1, 0.15) is 0 Å². The van der Waals surface area contributed by atoms with Crippen molar-refractivity contribution in [2.75, 3.05) is 0 Å². The molecule has 0 radical (unpaired) electrons. The number of aliphatic hydroxyl groups is 1. The van der Waals surface area contributed by atoms with Crippen molar-refractivity contribution in [3.63, 3.8) is 0 Å². The first-order valence-electron chi connectivity index (χ1n) is 2.72. The first kappa shape index (κ1) is 5.56. The maximum Gasteiger partial charge on any atom is 0.207 e. The van der Waals surface area contributed by atoms with E-state index in [4.69, 9.17) is 5.11 Å². The number of carbonyl (C=O) groups excluding carboxylic acids is 1. The van der Waals surface area contributed by atoms with Crippen LogP contribution in [-0.2, 0) is 4.79 Å². The molecular formula is C5H9NO2. The highest BCUT2D eigenvalue weighted by molar-refractivity contribution is 5.47. The lowest BCUT2D eigenvalue weighted by Crippen LogP contribution is -2.47. The van der Waals surface area contributed by atoms with Crippen LogP contribution in [0.5, 0.6) is 0 Å². The average molecular weight is 115 g/mol. The van der Waals surface area contributed by atoms with Gasteiger partial charge in [0.05, 0.1) is 12.1 Å². The van der Waals surface area contributed by atoms with Crippen molar-refractivity contribution in [2.24, 2.45) is 0 Å². The van der Waals surface area contributed by atoms with Crippen LogP contribution in [0.4, 0.5) is 0 Å². The lowest BCUT2D eigenvalue weighted by Gasteiger charge is -2.31. The van der Waals surface area contributed by atoms with E-state index in [1.165, 1.54) is 0 Å². The van der Waals surface area contributed by atoms with Gasteiger partial charge in [0.2, 0.25) is 6.41 Å². The molecule has 0 aromatic carbocycles. The van der Waals surface area contributed by atoms with Gasteiger partial charge in [-0.2, -0.15) is 0 Å². The Morgan fingerprint density at radius 3 is 2.50 bits per heavy atom. The zero-order valence-electron chi connectivity index (χ0n) is 4.50. The third-order valence-corrected chi connectivity index (χ3v) is 1.52. The van der Waals surface area contributed by atoms with Crippen molar-refractivity contribution < 1.29 is 9.90 Å². The third-order valence-electron chi connectivity index (χ3n) is 1.52. The fourth-order valence-corrected chi connectivity index (χ4v) is 0.764. The van der Waals surface area contributed by atoms with E-state index < -0.39 is 0 Å². The van der Waals surface area contributed by atoms with E-state index in [1.807, 2.05) is 0 Å². The van der Waals surface area contributed by atoms with E-state index in [0.717, 1.165) is 12.8 Å². The fraction of sp³-hybridized carbons (Fsp3) is 0.800. The lowest BCUT2D eigenvalue weighted by molar-refractivity contribution is -0.112. The molecule has 1 fully saturated rings. The number of carbonyl (C=O) groups is 1. The van der Waals surface area contributed by atoms with Crippen molar-refractivity contribution in [1.82, 2.24) is 5.32 Å². The van der Waals surface area contributed by atoms with Crippen molar-refractivity contribution in [1.29, 1.82) is 0 Å². The van der Waals surface area contributed by atoms with Crippen molar-refractivity contribution in [2.45, 2.75) is 25.0 Å². The summed E-state index contributed by atoms with van der Waals surface area (Å²) in [5.41, 5.74) is 0. The molecule has 0 aromatic heterocycles. The van der Waals surface area contributed by atoms with Crippen LogP contribution >= 0.6 is 0 Å². The van der Waals surface area contributed by atoms with E-state index in [2.05, 4.69) is 5.32 Å². The van der Waals surface area contributed by atoms with Gasteiger partial charge in [0.25, 0.3) is 0 Å². The molecule has 3 nitrogen and oxygen atoms in total. The molecule has 0 saturated heterocycles. The molecule has 1 saturated carbocycles. The molecule has 0 bridgehead atoms. The molecule has 0 spiro atoms. The van der Waals surface area contributed by atoms with Crippen LogP contribution in [0.1, 0.15) is 12.8 Å². The summed E-state index contributed by atoms with van der Waals surface area (Å²) in [6.07, 6.45) is 2.08. The van der Waals surface area contributed by atoms with Gasteiger partial charge in [-0.05, 0) is 12.8 Å². The van der Waals surface area contributed by atoms with E-state index >= 15 is 0 Å². The number of nitrogens with one attached hydrogen (secondary N) is 1. The Morgan fingerprint density at radius 1 is 1.62 bits per heavy atom. The Bertz CT molecular complexity index is 94.4. The monoisotopic (exact) mass is 115 g/mol. The SMILES string of the molecule is O=CN[C@@H]1CC[C@@H]1O. The topological polar surface area (TPSA) is 49.3 Å². The smallest absolute Gasteiger partial charge is 0.207 e. The van der Waals surface area contributed by atoms with Gasteiger partial charge >= 0.3 is 0 Å². The highest BCUT2D eigenvalue weighted by Gasteiger charge is 2.27. The van der Waals surface area contributed by atoms with E-state index in [0.29, 0.717) is 6.41 Å². The summed E-state index contributed by atoms with van der Waals surface area (Å²) in [6.45, 7) is 0. The van der Waals surface area contributed by atoms with Crippen LogP contribution < -0.4 is 5.32 Å². The van der Waals surface area contributed by atoms with E-state index in [9.17, 15) is 4.79 Å². The van der Waals surface area contributed by atoms with Gasteiger partial charge in [0, 0.05) is 0 Å². The maximum absolute atomic E-state index is 9.73. The second-order valence-corrected chi connectivity index (χ2v) is 2.04. The molecule has 0 aromatic rings. The first-order valence-corrected chi connectivity index (χ1v) is 2.72. The molecule has 1 aliphatic carbocycles. The van der Waals surface area contributed by atoms with Crippen LogP contribution in [-0.4, -0.2) is 23.7 Å². The Labute approximate surface area is 47.7 Å². The Morgan fingerprint density at radius 2 is 2.38 bits per heavy atom. The molecular weight excluding hydrogens is 106 g/mol. The standard InChI is InChI=1S/C5H9NO2/c7-3-6-4-1-2-5(4)8/h3-5,8H,1-2H2,(H,6,7)/t4-,5+/m1/s1. The van der Waals surface area contributed by atoms with Crippen LogP contribution in [0.15, 0.2) is 0 Å². The van der Waals surface area contributed by atoms with Crippen LogP contribution in [0.2, 0.25) is 0 Å². The Kier molecular flexibility index (Phi) is 1.48. The second-order valence-electron chi connectivity index (χ2n) is 2.04. The molecule has 0 unspecified atom stereocenters. The van der Waals surface area contributed by atoms with E-state index in [1.54, 1.807) is 0 Å². The van der Waals surface area contributed by atoms with Gasteiger partial charge in [-0.3, -0.25) is 4.79 Å². The van der Waals surface area contributed by atoms with Crippen LogP contribution in [0.25, 0.3) is 0 Å². The predicted molar refractivity (Wildman–Crippen MR) is 28.2 cm³/mol. The number of amides is 1. The molecule has 2 N–H and O–H groups in total. The number of rotatable bonds is 2. The molecule has 0 heterocycles. The summed E-state index contributed by atoms with van der Waals surface area (Å²) in [4.78, 5) is 9.73. The predicted octanol–water partition coefficient (Wildman–Crippen LogP) is -0.744. The van der Waals surface area contributed by atoms with Crippen molar-refractivity contribution in [3.05, 3.63) is 0 Å². The Hall–Kier alpha value is -0.570.